The highest BCUT2D eigenvalue weighted by atomic mass is 35.5. The van der Waals surface area contributed by atoms with Crippen molar-refractivity contribution < 1.29 is 8.42 Å². The van der Waals surface area contributed by atoms with Gasteiger partial charge in [0.1, 0.15) is 0 Å². The summed E-state index contributed by atoms with van der Waals surface area (Å²) >= 11 is 5.94. The van der Waals surface area contributed by atoms with E-state index in [0.29, 0.717) is 21.2 Å². The summed E-state index contributed by atoms with van der Waals surface area (Å²) in [4.78, 5) is 0.808. The van der Waals surface area contributed by atoms with Crippen molar-refractivity contribution in [2.24, 2.45) is 0 Å². The first-order valence-electron chi connectivity index (χ1n) is 5.70. The summed E-state index contributed by atoms with van der Waals surface area (Å²) in [6.07, 6.45) is 1.43. The molecule has 2 nitrogen and oxygen atoms in total. The average Bonchev–Trinajstić information content (AvgIpc) is 2.46. The Morgan fingerprint density at radius 1 is 0.889 bits per heavy atom. The molecule has 0 saturated heterocycles. The Labute approximate surface area is 111 Å². The van der Waals surface area contributed by atoms with E-state index < -0.39 is 9.84 Å². The summed E-state index contributed by atoms with van der Waals surface area (Å²) in [6, 6.07) is 12.2. The fourth-order valence-corrected chi connectivity index (χ4v) is 4.32. The van der Waals surface area contributed by atoms with Crippen LogP contribution in [0.15, 0.2) is 52.3 Å². The van der Waals surface area contributed by atoms with Crippen molar-refractivity contribution in [3.8, 4) is 0 Å². The zero-order chi connectivity index (χ0) is 12.8. The van der Waals surface area contributed by atoms with Gasteiger partial charge in [0.05, 0.1) is 9.79 Å². The van der Waals surface area contributed by atoms with Crippen LogP contribution in [0.25, 0.3) is 0 Å². The van der Waals surface area contributed by atoms with E-state index in [1.165, 1.54) is 0 Å². The molecule has 0 N–H and O–H groups in total. The summed E-state index contributed by atoms with van der Waals surface area (Å²) < 4.78 is 25.2. The fourth-order valence-electron chi connectivity index (χ4n) is 2.37. The van der Waals surface area contributed by atoms with Gasteiger partial charge in [0.25, 0.3) is 0 Å². The molecule has 2 aromatic carbocycles. The van der Waals surface area contributed by atoms with Crippen molar-refractivity contribution >= 4 is 21.4 Å². The molecule has 0 aliphatic carbocycles. The van der Waals surface area contributed by atoms with Crippen LogP contribution in [0.2, 0.25) is 5.02 Å². The second-order valence-electron chi connectivity index (χ2n) is 4.36. The number of sulfone groups is 1. The Morgan fingerprint density at radius 2 is 1.56 bits per heavy atom. The summed E-state index contributed by atoms with van der Waals surface area (Å²) in [6.45, 7) is 0. The standard InChI is InChI=1S/C14H11ClO2S/c15-12-7-8-14-11(9-12)6-5-10-3-1-2-4-13(10)18(14,16)17/h1-4,7-9H,5-6H2. The topological polar surface area (TPSA) is 34.1 Å². The van der Waals surface area contributed by atoms with Gasteiger partial charge in [-0.25, -0.2) is 8.42 Å². The van der Waals surface area contributed by atoms with Crippen LogP contribution < -0.4 is 0 Å². The van der Waals surface area contributed by atoms with Crippen LogP contribution in [0.4, 0.5) is 0 Å². The Bertz CT molecular complexity index is 720. The zero-order valence-corrected chi connectivity index (χ0v) is 11.1. The van der Waals surface area contributed by atoms with Crippen LogP contribution in [-0.2, 0) is 22.7 Å². The van der Waals surface area contributed by atoms with E-state index in [1.807, 2.05) is 12.1 Å². The lowest BCUT2D eigenvalue weighted by molar-refractivity contribution is 0.595. The average molecular weight is 279 g/mol. The van der Waals surface area contributed by atoms with E-state index in [2.05, 4.69) is 0 Å². The van der Waals surface area contributed by atoms with Gasteiger partial charge in [0.2, 0.25) is 9.84 Å². The minimum atomic E-state index is -3.41. The van der Waals surface area contributed by atoms with E-state index >= 15 is 0 Å². The normalized spacial score (nSPS) is 16.5. The third-order valence-corrected chi connectivity index (χ3v) is 5.43. The SMILES string of the molecule is O=S1(=O)c2ccccc2CCc2cc(Cl)ccc21. The minimum Gasteiger partial charge on any atom is -0.218 e. The maximum Gasteiger partial charge on any atom is 0.207 e. The molecule has 1 heterocycles. The van der Waals surface area contributed by atoms with Crippen molar-refractivity contribution in [2.45, 2.75) is 22.6 Å². The Kier molecular flexibility index (Phi) is 2.68. The van der Waals surface area contributed by atoms with Gasteiger partial charge in [0.15, 0.2) is 0 Å². The summed E-state index contributed by atoms with van der Waals surface area (Å²) in [5.74, 6) is 0. The van der Waals surface area contributed by atoms with Crippen molar-refractivity contribution in [1.29, 1.82) is 0 Å². The van der Waals surface area contributed by atoms with E-state index in [1.54, 1.807) is 30.3 Å². The fraction of sp³-hybridized carbons (Fsp3) is 0.143. The molecule has 0 atom stereocenters. The Balaban J connectivity index is 2.33. The second-order valence-corrected chi connectivity index (χ2v) is 6.69. The molecule has 0 bridgehead atoms. The minimum absolute atomic E-state index is 0.386. The van der Waals surface area contributed by atoms with E-state index in [-0.39, 0.29) is 0 Å². The number of aryl methyl sites for hydroxylation is 2. The smallest absolute Gasteiger partial charge is 0.207 e. The third-order valence-electron chi connectivity index (χ3n) is 3.24. The van der Waals surface area contributed by atoms with Crippen molar-refractivity contribution in [3.05, 3.63) is 58.6 Å². The van der Waals surface area contributed by atoms with Crippen LogP contribution in [0, 0.1) is 0 Å². The predicted octanol–water partition coefficient (Wildman–Crippen LogP) is 3.27. The van der Waals surface area contributed by atoms with Gasteiger partial charge in [-0.2, -0.15) is 0 Å². The third kappa shape index (κ3) is 1.74. The molecule has 1 aliphatic heterocycles. The molecule has 92 valence electrons. The molecule has 18 heavy (non-hydrogen) atoms. The highest BCUT2D eigenvalue weighted by Crippen LogP contribution is 2.32. The summed E-state index contributed by atoms with van der Waals surface area (Å²) in [5.41, 5.74) is 1.68. The molecular weight excluding hydrogens is 268 g/mol. The first-order valence-corrected chi connectivity index (χ1v) is 7.56. The number of hydrogen-bond acceptors (Lipinski definition) is 2. The van der Waals surface area contributed by atoms with E-state index in [9.17, 15) is 8.42 Å². The highest BCUT2D eigenvalue weighted by molar-refractivity contribution is 7.91. The first kappa shape index (κ1) is 11.8. The van der Waals surface area contributed by atoms with Crippen LogP contribution in [-0.4, -0.2) is 8.42 Å². The largest absolute Gasteiger partial charge is 0.218 e. The van der Waals surface area contributed by atoms with Crippen LogP contribution in [0.5, 0.6) is 0 Å². The first-order chi connectivity index (χ1) is 8.59. The molecule has 0 unspecified atom stereocenters. The number of fused-ring (bicyclic) bond motifs is 2. The van der Waals surface area contributed by atoms with Gasteiger partial charge < -0.3 is 0 Å². The van der Waals surface area contributed by atoms with Gasteiger partial charge in [-0.15, -0.1) is 0 Å². The van der Waals surface area contributed by atoms with Crippen molar-refractivity contribution in [1.82, 2.24) is 0 Å². The predicted molar refractivity (Wildman–Crippen MR) is 70.8 cm³/mol. The quantitative estimate of drug-likeness (QED) is 0.741. The lowest BCUT2D eigenvalue weighted by atomic mass is 10.0. The molecule has 2 aromatic rings. The number of benzene rings is 2. The van der Waals surface area contributed by atoms with Gasteiger partial charge in [0, 0.05) is 5.02 Å². The highest BCUT2D eigenvalue weighted by Gasteiger charge is 2.26. The molecular formula is C14H11ClO2S. The molecule has 4 heteroatoms. The Hall–Kier alpha value is -1.32. The van der Waals surface area contributed by atoms with Gasteiger partial charge in [-0.3, -0.25) is 0 Å². The van der Waals surface area contributed by atoms with Crippen LogP contribution >= 0.6 is 11.6 Å². The summed E-state index contributed by atoms with van der Waals surface area (Å²) in [5, 5.41) is 0.579. The maximum atomic E-state index is 12.6. The Morgan fingerprint density at radius 3 is 2.39 bits per heavy atom. The molecule has 0 spiro atoms. The lowest BCUT2D eigenvalue weighted by Crippen LogP contribution is -2.04. The van der Waals surface area contributed by atoms with Crippen molar-refractivity contribution in [3.63, 3.8) is 0 Å². The number of halogens is 1. The molecule has 1 aliphatic rings. The van der Waals surface area contributed by atoms with Crippen LogP contribution in [0.3, 0.4) is 0 Å². The van der Waals surface area contributed by atoms with E-state index in [0.717, 1.165) is 17.5 Å². The van der Waals surface area contributed by atoms with Gasteiger partial charge in [-0.1, -0.05) is 29.8 Å². The molecule has 0 aromatic heterocycles. The summed E-state index contributed by atoms with van der Waals surface area (Å²) in [7, 11) is -3.41. The zero-order valence-electron chi connectivity index (χ0n) is 9.56. The number of hydrogen-bond donors (Lipinski definition) is 0. The molecule has 0 fully saturated rings. The van der Waals surface area contributed by atoms with Crippen LogP contribution in [0.1, 0.15) is 11.1 Å². The molecule has 0 amide bonds. The van der Waals surface area contributed by atoms with Crippen molar-refractivity contribution in [2.75, 3.05) is 0 Å². The molecule has 0 radical (unpaired) electrons. The van der Waals surface area contributed by atoms with E-state index in [4.69, 9.17) is 11.6 Å². The second kappa shape index (κ2) is 4.11. The monoisotopic (exact) mass is 278 g/mol. The molecule has 3 rings (SSSR count). The number of rotatable bonds is 0. The van der Waals surface area contributed by atoms with Gasteiger partial charge >= 0.3 is 0 Å². The lowest BCUT2D eigenvalue weighted by Gasteiger charge is -2.07. The maximum absolute atomic E-state index is 12.6. The van der Waals surface area contributed by atoms with Gasteiger partial charge in [-0.05, 0) is 48.2 Å². The molecule has 0 saturated carbocycles.